The number of primary amides is 1. The molecule has 0 spiro atoms. The van der Waals surface area contributed by atoms with E-state index in [4.69, 9.17) is 5.73 Å². The van der Waals surface area contributed by atoms with Crippen molar-refractivity contribution in [3.63, 3.8) is 0 Å². The van der Waals surface area contributed by atoms with Crippen molar-refractivity contribution in [2.45, 2.75) is 0 Å². The third kappa shape index (κ3) is 5.31. The zero-order chi connectivity index (χ0) is 20.0. The zero-order valence-electron chi connectivity index (χ0n) is 14.8. The fraction of sp³-hybridized carbons (Fsp3) is 0.158. The van der Waals surface area contributed by atoms with Gasteiger partial charge in [0, 0.05) is 37.0 Å². The van der Waals surface area contributed by atoms with Gasteiger partial charge < -0.3 is 21.1 Å². The van der Waals surface area contributed by atoms with E-state index in [9.17, 15) is 19.5 Å². The van der Waals surface area contributed by atoms with Crippen LogP contribution in [0.1, 0.15) is 32.0 Å². The second-order valence-electron chi connectivity index (χ2n) is 5.77. The summed E-state index contributed by atoms with van der Waals surface area (Å²) in [6.45, 7) is -0.353. The molecule has 0 aliphatic rings. The van der Waals surface area contributed by atoms with E-state index in [0.29, 0.717) is 16.7 Å². The molecule has 27 heavy (non-hydrogen) atoms. The van der Waals surface area contributed by atoms with Crippen LogP contribution in [0.25, 0.3) is 0 Å². The van der Waals surface area contributed by atoms with Gasteiger partial charge in [0.15, 0.2) is 5.69 Å². The molecular formula is C19H18N4O4. The van der Waals surface area contributed by atoms with Gasteiger partial charge in [0.05, 0.1) is 6.54 Å². The average molecular weight is 366 g/mol. The summed E-state index contributed by atoms with van der Waals surface area (Å²) < 4.78 is 0. The number of nitrogens with one attached hydrogen (secondary N) is 1. The molecule has 2 aromatic rings. The van der Waals surface area contributed by atoms with Crippen molar-refractivity contribution in [3.05, 3.63) is 58.9 Å². The molecule has 1 heterocycles. The van der Waals surface area contributed by atoms with E-state index in [-0.39, 0.29) is 23.9 Å². The molecule has 0 unspecified atom stereocenters. The highest BCUT2D eigenvalue weighted by Crippen LogP contribution is 2.15. The van der Waals surface area contributed by atoms with Crippen molar-refractivity contribution in [2.75, 3.05) is 20.6 Å². The Bertz CT molecular complexity index is 940. The number of aromatic hydroxyl groups is 1. The molecule has 0 fully saturated rings. The van der Waals surface area contributed by atoms with E-state index in [0.717, 1.165) is 0 Å². The van der Waals surface area contributed by atoms with Gasteiger partial charge in [-0.2, -0.15) is 0 Å². The number of amides is 3. The molecule has 0 aliphatic carbocycles. The van der Waals surface area contributed by atoms with Gasteiger partial charge in [-0.1, -0.05) is 11.8 Å². The van der Waals surface area contributed by atoms with E-state index in [1.165, 1.54) is 17.2 Å². The number of hydrogen-bond acceptors (Lipinski definition) is 5. The Balaban J connectivity index is 2.13. The largest absolute Gasteiger partial charge is 0.505 e. The molecule has 0 bridgehead atoms. The standard InChI is InChI=1S/C19H18N4O4/c1-23(2)19(27)14-7-5-12(6-8-14)3-4-13-9-15(24)17(21-10-13)18(26)22-11-16(20)25/h5-10,24H,11H2,1-2H3,(H2,20,25)(H,22,26). The molecule has 138 valence electrons. The third-order valence-corrected chi connectivity index (χ3v) is 3.40. The number of nitrogens with two attached hydrogens (primary N) is 1. The van der Waals surface area contributed by atoms with Crippen molar-refractivity contribution in [1.82, 2.24) is 15.2 Å². The van der Waals surface area contributed by atoms with Crippen LogP contribution in [0.2, 0.25) is 0 Å². The monoisotopic (exact) mass is 366 g/mol. The SMILES string of the molecule is CN(C)C(=O)c1ccc(C#Cc2cnc(C(=O)NCC(N)=O)c(O)c2)cc1. The minimum atomic E-state index is -0.716. The van der Waals surface area contributed by atoms with Crippen LogP contribution in [-0.2, 0) is 4.79 Å². The second-order valence-corrected chi connectivity index (χ2v) is 5.77. The predicted molar refractivity (Wildman–Crippen MR) is 97.9 cm³/mol. The number of carbonyl (C=O) groups is 3. The number of nitrogens with zero attached hydrogens (tertiary/aromatic N) is 2. The summed E-state index contributed by atoms with van der Waals surface area (Å²) in [5.41, 5.74) is 6.33. The molecule has 8 heteroatoms. The lowest BCUT2D eigenvalue weighted by atomic mass is 10.1. The zero-order valence-corrected chi connectivity index (χ0v) is 14.8. The Hall–Kier alpha value is -3.86. The van der Waals surface area contributed by atoms with Gasteiger partial charge in [-0.3, -0.25) is 14.4 Å². The minimum Gasteiger partial charge on any atom is -0.505 e. The lowest BCUT2D eigenvalue weighted by molar-refractivity contribution is -0.117. The first-order chi connectivity index (χ1) is 12.8. The highest BCUT2D eigenvalue weighted by atomic mass is 16.3. The first-order valence-electron chi connectivity index (χ1n) is 7.87. The Labute approximate surface area is 156 Å². The van der Waals surface area contributed by atoms with Crippen LogP contribution in [0.15, 0.2) is 36.5 Å². The van der Waals surface area contributed by atoms with Crippen LogP contribution in [0.3, 0.4) is 0 Å². The molecular weight excluding hydrogens is 348 g/mol. The van der Waals surface area contributed by atoms with Crippen LogP contribution in [0, 0.1) is 11.8 Å². The van der Waals surface area contributed by atoms with Crippen molar-refractivity contribution in [2.24, 2.45) is 5.73 Å². The fourth-order valence-corrected chi connectivity index (χ4v) is 2.05. The molecule has 4 N–H and O–H groups in total. The summed E-state index contributed by atoms with van der Waals surface area (Å²) in [6.07, 6.45) is 1.33. The first-order valence-corrected chi connectivity index (χ1v) is 7.87. The van der Waals surface area contributed by atoms with E-state index >= 15 is 0 Å². The highest BCUT2D eigenvalue weighted by Gasteiger charge is 2.13. The van der Waals surface area contributed by atoms with E-state index in [1.54, 1.807) is 38.4 Å². The van der Waals surface area contributed by atoms with Crippen molar-refractivity contribution in [3.8, 4) is 17.6 Å². The summed E-state index contributed by atoms with van der Waals surface area (Å²) >= 11 is 0. The molecule has 2 rings (SSSR count). The Kier molecular flexibility index (Phi) is 6.12. The number of hydrogen-bond donors (Lipinski definition) is 3. The molecule has 0 saturated heterocycles. The lowest BCUT2D eigenvalue weighted by Crippen LogP contribution is -2.33. The maximum atomic E-state index is 11.8. The minimum absolute atomic E-state index is 0.103. The van der Waals surface area contributed by atoms with Gasteiger partial charge in [0.2, 0.25) is 5.91 Å². The molecule has 3 amide bonds. The van der Waals surface area contributed by atoms with Crippen molar-refractivity contribution < 1.29 is 19.5 Å². The van der Waals surface area contributed by atoms with Gasteiger partial charge in [-0.25, -0.2) is 4.98 Å². The van der Waals surface area contributed by atoms with Gasteiger partial charge in [-0.05, 0) is 30.3 Å². The summed E-state index contributed by atoms with van der Waals surface area (Å²) in [6, 6.07) is 8.07. The van der Waals surface area contributed by atoms with Gasteiger partial charge in [0.25, 0.3) is 11.8 Å². The Morgan fingerprint density at radius 3 is 2.33 bits per heavy atom. The topological polar surface area (TPSA) is 126 Å². The maximum Gasteiger partial charge on any atom is 0.274 e. The highest BCUT2D eigenvalue weighted by molar-refractivity contribution is 5.97. The number of rotatable bonds is 4. The molecule has 1 aromatic carbocycles. The van der Waals surface area contributed by atoms with Crippen molar-refractivity contribution in [1.29, 1.82) is 0 Å². The Morgan fingerprint density at radius 1 is 1.15 bits per heavy atom. The van der Waals surface area contributed by atoms with Crippen LogP contribution < -0.4 is 11.1 Å². The molecule has 8 nitrogen and oxygen atoms in total. The number of aromatic nitrogens is 1. The average Bonchev–Trinajstić information content (AvgIpc) is 2.64. The molecule has 0 atom stereocenters. The number of benzene rings is 1. The summed E-state index contributed by atoms with van der Waals surface area (Å²) in [7, 11) is 3.35. The second kappa shape index (κ2) is 8.49. The molecule has 0 radical (unpaired) electrons. The molecule has 0 saturated carbocycles. The van der Waals surface area contributed by atoms with E-state index in [1.807, 2.05) is 0 Å². The maximum absolute atomic E-state index is 11.8. The smallest absolute Gasteiger partial charge is 0.274 e. The van der Waals surface area contributed by atoms with Crippen LogP contribution in [0.4, 0.5) is 0 Å². The first kappa shape index (κ1) is 19.5. The predicted octanol–water partition coefficient (Wildman–Crippen LogP) is 0.104. The normalized spacial score (nSPS) is 9.70. The van der Waals surface area contributed by atoms with E-state index < -0.39 is 11.8 Å². The van der Waals surface area contributed by atoms with Gasteiger partial charge >= 0.3 is 0 Å². The molecule has 1 aromatic heterocycles. The third-order valence-electron chi connectivity index (χ3n) is 3.40. The van der Waals surface area contributed by atoms with Crippen molar-refractivity contribution >= 4 is 17.7 Å². The Morgan fingerprint density at radius 2 is 1.78 bits per heavy atom. The molecule has 0 aliphatic heterocycles. The van der Waals surface area contributed by atoms with Crippen LogP contribution in [-0.4, -0.2) is 53.4 Å². The van der Waals surface area contributed by atoms with Gasteiger partial charge in [-0.15, -0.1) is 0 Å². The number of carbonyl (C=O) groups excluding carboxylic acids is 3. The van der Waals surface area contributed by atoms with Crippen LogP contribution >= 0.6 is 0 Å². The summed E-state index contributed by atoms with van der Waals surface area (Å²) in [4.78, 5) is 39.6. The summed E-state index contributed by atoms with van der Waals surface area (Å²) in [5, 5.41) is 12.2. The lowest BCUT2D eigenvalue weighted by Gasteiger charge is -2.09. The fourth-order valence-electron chi connectivity index (χ4n) is 2.05. The van der Waals surface area contributed by atoms with Crippen LogP contribution in [0.5, 0.6) is 5.75 Å². The summed E-state index contributed by atoms with van der Waals surface area (Å²) in [5.74, 6) is 3.81. The quantitative estimate of drug-likeness (QED) is 0.662. The number of pyridine rings is 1. The van der Waals surface area contributed by atoms with Gasteiger partial charge in [0.1, 0.15) is 5.75 Å². The van der Waals surface area contributed by atoms with E-state index in [2.05, 4.69) is 22.1 Å².